The lowest BCUT2D eigenvalue weighted by atomic mass is 10.2. The highest BCUT2D eigenvalue weighted by molar-refractivity contribution is 9.10. The molecule has 0 aromatic carbocycles. The van der Waals surface area contributed by atoms with E-state index in [0.29, 0.717) is 6.10 Å². The molecule has 0 N–H and O–H groups in total. The van der Waals surface area contributed by atoms with Gasteiger partial charge in [0.15, 0.2) is 0 Å². The molecule has 0 spiro atoms. The Hall–Kier alpha value is -0.350. The molecular formula is C7H9BrN2O. The quantitative estimate of drug-likeness (QED) is 0.695. The second-order valence-corrected chi connectivity index (χ2v) is 3.55. The molecule has 1 fully saturated rings. The Balaban J connectivity index is 2.14. The fourth-order valence-electron chi connectivity index (χ4n) is 1.08. The van der Waals surface area contributed by atoms with Crippen LogP contribution in [-0.2, 0) is 18.2 Å². The minimum atomic E-state index is 0.442. The zero-order valence-electron chi connectivity index (χ0n) is 6.25. The molecule has 0 saturated carbocycles. The van der Waals surface area contributed by atoms with Crippen molar-refractivity contribution in [3.05, 3.63) is 16.4 Å². The van der Waals surface area contributed by atoms with Crippen LogP contribution in [0.3, 0.4) is 0 Å². The molecule has 11 heavy (non-hydrogen) atoms. The second-order valence-electron chi connectivity index (χ2n) is 2.74. The molecule has 0 bridgehead atoms. The molecule has 1 aromatic heterocycles. The van der Waals surface area contributed by atoms with Crippen LogP contribution in [0.5, 0.6) is 0 Å². The fraction of sp³-hybridized carbons (Fsp3) is 0.571. The third-order valence-corrected chi connectivity index (χ3v) is 2.17. The summed E-state index contributed by atoms with van der Waals surface area (Å²) in [4.78, 5) is 0. The molecule has 1 saturated heterocycles. The smallest absolute Gasteiger partial charge is 0.128 e. The molecule has 0 amide bonds. The van der Waals surface area contributed by atoms with Crippen molar-refractivity contribution in [2.24, 2.45) is 7.05 Å². The molecule has 2 heterocycles. The third-order valence-electron chi connectivity index (χ3n) is 1.79. The highest BCUT2D eigenvalue weighted by atomic mass is 79.9. The van der Waals surface area contributed by atoms with Crippen LogP contribution in [0.2, 0.25) is 0 Å². The predicted octanol–water partition coefficient (Wildman–Crippen LogP) is 1.12. The van der Waals surface area contributed by atoms with E-state index >= 15 is 0 Å². The van der Waals surface area contributed by atoms with E-state index in [0.717, 1.165) is 17.6 Å². The summed E-state index contributed by atoms with van der Waals surface area (Å²) in [5.74, 6) is 0. The van der Waals surface area contributed by atoms with Crippen LogP contribution in [0.25, 0.3) is 0 Å². The van der Waals surface area contributed by atoms with Crippen molar-refractivity contribution in [3.63, 3.8) is 0 Å². The topological polar surface area (TPSA) is 30.4 Å². The number of epoxide rings is 1. The summed E-state index contributed by atoms with van der Waals surface area (Å²) < 4.78 is 7.90. The lowest BCUT2D eigenvalue weighted by Crippen LogP contribution is -2.01. The van der Waals surface area contributed by atoms with Crippen molar-refractivity contribution in [3.8, 4) is 0 Å². The first-order valence-corrected chi connectivity index (χ1v) is 4.35. The van der Waals surface area contributed by atoms with Crippen LogP contribution in [0.4, 0.5) is 0 Å². The monoisotopic (exact) mass is 216 g/mol. The van der Waals surface area contributed by atoms with Gasteiger partial charge in [-0.15, -0.1) is 0 Å². The average molecular weight is 217 g/mol. The van der Waals surface area contributed by atoms with Crippen LogP contribution in [0.1, 0.15) is 5.69 Å². The number of aromatic nitrogens is 2. The van der Waals surface area contributed by atoms with Gasteiger partial charge in [0.2, 0.25) is 0 Å². The Bertz CT molecular complexity index is 267. The molecule has 4 heteroatoms. The number of halogens is 1. The maximum Gasteiger partial charge on any atom is 0.128 e. The Kier molecular flexibility index (Phi) is 1.73. The van der Waals surface area contributed by atoms with E-state index in [2.05, 4.69) is 21.0 Å². The molecule has 1 aliphatic rings. The second kappa shape index (κ2) is 2.60. The molecule has 0 aliphatic carbocycles. The maximum atomic E-state index is 5.12. The molecule has 1 aromatic rings. The minimum Gasteiger partial charge on any atom is -0.373 e. The van der Waals surface area contributed by atoms with E-state index in [4.69, 9.17) is 4.74 Å². The number of nitrogens with zero attached hydrogens (tertiary/aromatic N) is 2. The summed E-state index contributed by atoms with van der Waals surface area (Å²) in [6.45, 7) is 0.906. The van der Waals surface area contributed by atoms with Gasteiger partial charge in [0, 0.05) is 19.2 Å². The van der Waals surface area contributed by atoms with E-state index in [9.17, 15) is 0 Å². The number of hydrogen-bond donors (Lipinski definition) is 0. The molecule has 2 rings (SSSR count). The highest BCUT2D eigenvalue weighted by Crippen LogP contribution is 2.18. The normalized spacial score (nSPS) is 22.2. The summed E-state index contributed by atoms with van der Waals surface area (Å²) in [5.41, 5.74) is 1.22. The molecule has 0 radical (unpaired) electrons. The Labute approximate surface area is 73.5 Å². The molecule has 1 unspecified atom stereocenters. The molecule has 1 aliphatic heterocycles. The van der Waals surface area contributed by atoms with Crippen molar-refractivity contribution >= 4 is 15.9 Å². The SMILES string of the molecule is Cn1nc(Br)cc1CC1CO1. The zero-order chi connectivity index (χ0) is 7.84. The minimum absolute atomic E-state index is 0.442. The van der Waals surface area contributed by atoms with E-state index in [1.165, 1.54) is 5.69 Å². The first-order chi connectivity index (χ1) is 5.25. The van der Waals surface area contributed by atoms with Gasteiger partial charge in [-0.1, -0.05) is 0 Å². The predicted molar refractivity (Wildman–Crippen MR) is 44.4 cm³/mol. The Morgan fingerprint density at radius 1 is 1.91 bits per heavy atom. The average Bonchev–Trinajstić information content (AvgIpc) is 2.64. The van der Waals surface area contributed by atoms with Gasteiger partial charge >= 0.3 is 0 Å². The van der Waals surface area contributed by atoms with Gasteiger partial charge in [-0.25, -0.2) is 0 Å². The molecular weight excluding hydrogens is 208 g/mol. The maximum absolute atomic E-state index is 5.12. The number of aryl methyl sites for hydroxylation is 1. The van der Waals surface area contributed by atoms with E-state index in [1.54, 1.807) is 0 Å². The summed E-state index contributed by atoms with van der Waals surface area (Å²) in [6.07, 6.45) is 1.42. The lowest BCUT2D eigenvalue weighted by Gasteiger charge is -1.95. The molecule has 60 valence electrons. The first kappa shape index (κ1) is 7.31. The first-order valence-electron chi connectivity index (χ1n) is 3.56. The van der Waals surface area contributed by atoms with Gasteiger partial charge in [-0.2, -0.15) is 5.10 Å². The highest BCUT2D eigenvalue weighted by Gasteiger charge is 2.24. The van der Waals surface area contributed by atoms with Gasteiger partial charge in [-0.05, 0) is 22.0 Å². The van der Waals surface area contributed by atoms with Gasteiger partial charge in [0.05, 0.1) is 12.7 Å². The Morgan fingerprint density at radius 3 is 3.09 bits per heavy atom. The van der Waals surface area contributed by atoms with Crippen LogP contribution >= 0.6 is 15.9 Å². The van der Waals surface area contributed by atoms with Crippen LogP contribution in [-0.4, -0.2) is 22.5 Å². The van der Waals surface area contributed by atoms with E-state index in [1.807, 2.05) is 17.8 Å². The van der Waals surface area contributed by atoms with E-state index < -0.39 is 0 Å². The van der Waals surface area contributed by atoms with Crippen molar-refractivity contribution in [2.45, 2.75) is 12.5 Å². The van der Waals surface area contributed by atoms with Crippen molar-refractivity contribution in [1.29, 1.82) is 0 Å². The number of ether oxygens (including phenoxy) is 1. The van der Waals surface area contributed by atoms with Crippen LogP contribution < -0.4 is 0 Å². The summed E-state index contributed by atoms with van der Waals surface area (Å²) in [5, 5.41) is 4.17. The van der Waals surface area contributed by atoms with Crippen molar-refractivity contribution in [2.75, 3.05) is 6.61 Å². The van der Waals surface area contributed by atoms with Crippen LogP contribution in [0, 0.1) is 0 Å². The largest absolute Gasteiger partial charge is 0.373 e. The zero-order valence-corrected chi connectivity index (χ0v) is 7.84. The van der Waals surface area contributed by atoms with Crippen LogP contribution in [0.15, 0.2) is 10.7 Å². The summed E-state index contributed by atoms with van der Waals surface area (Å²) >= 11 is 3.32. The standard InChI is InChI=1S/C7H9BrN2O/c1-10-5(2-6-4-11-6)3-7(8)9-10/h3,6H,2,4H2,1H3. The van der Waals surface area contributed by atoms with Crippen molar-refractivity contribution < 1.29 is 4.74 Å². The van der Waals surface area contributed by atoms with Gasteiger partial charge in [0.1, 0.15) is 4.60 Å². The molecule has 3 nitrogen and oxygen atoms in total. The van der Waals surface area contributed by atoms with Crippen molar-refractivity contribution in [1.82, 2.24) is 9.78 Å². The molecule has 1 atom stereocenters. The number of hydrogen-bond acceptors (Lipinski definition) is 2. The fourth-order valence-corrected chi connectivity index (χ4v) is 1.58. The van der Waals surface area contributed by atoms with Gasteiger partial charge < -0.3 is 4.74 Å². The Morgan fingerprint density at radius 2 is 2.64 bits per heavy atom. The van der Waals surface area contributed by atoms with Gasteiger partial charge in [0.25, 0.3) is 0 Å². The summed E-state index contributed by atoms with van der Waals surface area (Å²) in [6, 6.07) is 2.03. The number of rotatable bonds is 2. The third kappa shape index (κ3) is 1.62. The van der Waals surface area contributed by atoms with E-state index in [-0.39, 0.29) is 0 Å². The lowest BCUT2D eigenvalue weighted by molar-refractivity contribution is 0.403. The summed E-state index contributed by atoms with van der Waals surface area (Å²) in [7, 11) is 1.95. The van der Waals surface area contributed by atoms with Gasteiger partial charge in [-0.3, -0.25) is 4.68 Å².